The first-order valence-corrected chi connectivity index (χ1v) is 11.0. The van der Waals surface area contributed by atoms with Gasteiger partial charge in [0.25, 0.3) is 5.91 Å². The van der Waals surface area contributed by atoms with Crippen molar-refractivity contribution in [2.45, 2.75) is 26.0 Å². The van der Waals surface area contributed by atoms with Gasteiger partial charge in [0.2, 0.25) is 0 Å². The minimum Gasteiger partial charge on any atom is -0.497 e. The SMILES string of the molecule is COc1ccc(-n2nccn2)c(C(=O)N2C[C@@H](C)OC[C@H]2c2nc3c(C)c(Cl)ccc3[nH]2)c1. The van der Waals surface area contributed by atoms with Gasteiger partial charge in [-0.3, -0.25) is 4.79 Å². The minimum absolute atomic E-state index is 0.123. The second-order valence-corrected chi connectivity index (χ2v) is 8.42. The average Bonchev–Trinajstić information content (AvgIpc) is 3.51. The van der Waals surface area contributed by atoms with Crippen molar-refractivity contribution < 1.29 is 14.3 Å². The van der Waals surface area contributed by atoms with Crippen LogP contribution in [0.15, 0.2) is 42.7 Å². The summed E-state index contributed by atoms with van der Waals surface area (Å²) < 4.78 is 11.3. The Morgan fingerprint density at radius 2 is 2.03 bits per heavy atom. The number of hydrogen-bond acceptors (Lipinski definition) is 6. The summed E-state index contributed by atoms with van der Waals surface area (Å²) in [5.41, 5.74) is 3.53. The van der Waals surface area contributed by atoms with Crippen molar-refractivity contribution >= 4 is 28.5 Å². The molecule has 0 bridgehead atoms. The molecule has 10 heteroatoms. The van der Waals surface area contributed by atoms with Crippen LogP contribution in [0, 0.1) is 6.92 Å². The predicted octanol–water partition coefficient (Wildman–Crippen LogP) is 3.72. The van der Waals surface area contributed by atoms with Crippen molar-refractivity contribution in [1.29, 1.82) is 0 Å². The Balaban J connectivity index is 1.58. The van der Waals surface area contributed by atoms with Crippen LogP contribution in [0.3, 0.4) is 0 Å². The Bertz CT molecular complexity index is 1320. The fraction of sp³-hybridized carbons (Fsp3) is 0.304. The number of fused-ring (bicyclic) bond motifs is 1. The van der Waals surface area contributed by atoms with Crippen LogP contribution in [0.4, 0.5) is 0 Å². The van der Waals surface area contributed by atoms with Crippen LogP contribution in [-0.4, -0.2) is 62.1 Å². The van der Waals surface area contributed by atoms with Gasteiger partial charge >= 0.3 is 0 Å². The van der Waals surface area contributed by atoms with Gasteiger partial charge in [-0.05, 0) is 49.7 Å². The lowest BCUT2D eigenvalue weighted by Crippen LogP contribution is -2.47. The zero-order valence-electron chi connectivity index (χ0n) is 18.4. The van der Waals surface area contributed by atoms with Gasteiger partial charge in [-0.15, -0.1) is 0 Å². The Hall–Kier alpha value is -3.43. The van der Waals surface area contributed by atoms with Crippen molar-refractivity contribution in [2.75, 3.05) is 20.3 Å². The molecule has 2 aromatic heterocycles. The van der Waals surface area contributed by atoms with Crippen molar-refractivity contribution in [3.8, 4) is 11.4 Å². The maximum atomic E-state index is 13.9. The Morgan fingerprint density at radius 1 is 1.24 bits per heavy atom. The highest BCUT2D eigenvalue weighted by atomic mass is 35.5. The molecule has 1 amide bonds. The monoisotopic (exact) mass is 466 g/mol. The van der Waals surface area contributed by atoms with Gasteiger partial charge in [-0.2, -0.15) is 15.0 Å². The minimum atomic E-state index is -0.399. The van der Waals surface area contributed by atoms with E-state index in [0.717, 1.165) is 16.6 Å². The third kappa shape index (κ3) is 3.83. The fourth-order valence-corrected chi connectivity index (χ4v) is 4.25. The number of H-pyrrole nitrogens is 1. The molecule has 1 N–H and O–H groups in total. The molecule has 170 valence electrons. The lowest BCUT2D eigenvalue weighted by molar-refractivity contribution is -0.0467. The molecule has 3 heterocycles. The number of amides is 1. The second-order valence-electron chi connectivity index (χ2n) is 8.01. The first kappa shape index (κ1) is 21.4. The lowest BCUT2D eigenvalue weighted by atomic mass is 10.1. The van der Waals surface area contributed by atoms with Gasteiger partial charge in [0.1, 0.15) is 17.6 Å². The summed E-state index contributed by atoms with van der Waals surface area (Å²) in [6, 6.07) is 8.59. The number of aromatic nitrogens is 5. The topological polar surface area (TPSA) is 98.2 Å². The van der Waals surface area contributed by atoms with Gasteiger partial charge in [-0.1, -0.05) is 11.6 Å². The van der Waals surface area contributed by atoms with Crippen LogP contribution in [-0.2, 0) is 4.74 Å². The van der Waals surface area contributed by atoms with Crippen LogP contribution in [0.25, 0.3) is 16.7 Å². The molecule has 2 atom stereocenters. The second kappa shape index (κ2) is 8.49. The number of carbonyl (C=O) groups is 1. The number of carbonyl (C=O) groups excluding carboxylic acids is 1. The normalized spacial score (nSPS) is 18.6. The number of aryl methyl sites for hydroxylation is 1. The highest BCUT2D eigenvalue weighted by Crippen LogP contribution is 2.32. The van der Waals surface area contributed by atoms with Crippen molar-refractivity contribution in [3.05, 3.63) is 64.7 Å². The number of ether oxygens (including phenoxy) is 2. The Morgan fingerprint density at radius 3 is 2.79 bits per heavy atom. The van der Waals surface area contributed by atoms with E-state index < -0.39 is 6.04 Å². The molecule has 1 aliphatic rings. The highest BCUT2D eigenvalue weighted by Gasteiger charge is 2.35. The quantitative estimate of drug-likeness (QED) is 0.492. The molecular formula is C23H23ClN6O3. The predicted molar refractivity (Wildman–Crippen MR) is 123 cm³/mol. The number of imidazole rings is 1. The van der Waals surface area contributed by atoms with E-state index in [9.17, 15) is 4.79 Å². The van der Waals surface area contributed by atoms with E-state index in [1.807, 2.05) is 26.0 Å². The molecule has 0 unspecified atom stereocenters. The number of halogens is 1. The van der Waals surface area contributed by atoms with Gasteiger partial charge in [0, 0.05) is 11.6 Å². The number of morpholine rings is 1. The average molecular weight is 467 g/mol. The molecule has 1 fully saturated rings. The van der Waals surface area contributed by atoms with E-state index >= 15 is 0 Å². The fourth-order valence-electron chi connectivity index (χ4n) is 4.10. The summed E-state index contributed by atoms with van der Waals surface area (Å²) in [5, 5.41) is 9.06. The molecule has 33 heavy (non-hydrogen) atoms. The molecule has 5 rings (SSSR count). The summed E-state index contributed by atoms with van der Waals surface area (Å²) in [5.74, 6) is 1.04. The number of nitrogens with one attached hydrogen (secondary N) is 1. The van der Waals surface area contributed by atoms with Crippen molar-refractivity contribution in [1.82, 2.24) is 29.9 Å². The van der Waals surface area contributed by atoms with Crippen LogP contribution in [0.5, 0.6) is 5.75 Å². The summed E-state index contributed by atoms with van der Waals surface area (Å²) in [6.07, 6.45) is 3.02. The van der Waals surface area contributed by atoms with E-state index in [2.05, 4.69) is 15.2 Å². The number of aromatic amines is 1. The molecule has 0 saturated carbocycles. The molecular weight excluding hydrogens is 444 g/mol. The van der Waals surface area contributed by atoms with Gasteiger partial charge in [0.05, 0.1) is 54.5 Å². The van der Waals surface area contributed by atoms with E-state index in [4.69, 9.17) is 26.1 Å². The summed E-state index contributed by atoms with van der Waals surface area (Å²) in [6.45, 7) is 4.60. The first-order chi connectivity index (χ1) is 16.0. The molecule has 0 aliphatic carbocycles. The maximum Gasteiger partial charge on any atom is 0.257 e. The molecule has 2 aromatic carbocycles. The van der Waals surface area contributed by atoms with Crippen LogP contribution >= 0.6 is 11.6 Å². The van der Waals surface area contributed by atoms with Gasteiger partial charge in [-0.25, -0.2) is 4.98 Å². The maximum absolute atomic E-state index is 13.9. The highest BCUT2D eigenvalue weighted by molar-refractivity contribution is 6.32. The first-order valence-electron chi connectivity index (χ1n) is 10.6. The van der Waals surface area contributed by atoms with E-state index in [-0.39, 0.29) is 12.0 Å². The van der Waals surface area contributed by atoms with E-state index in [0.29, 0.717) is 41.0 Å². The zero-order chi connectivity index (χ0) is 23.1. The number of rotatable bonds is 4. The van der Waals surface area contributed by atoms with Crippen molar-refractivity contribution in [3.63, 3.8) is 0 Å². The lowest BCUT2D eigenvalue weighted by Gasteiger charge is -2.38. The van der Waals surface area contributed by atoms with Gasteiger partial charge in [0.15, 0.2) is 0 Å². The van der Waals surface area contributed by atoms with E-state index in [1.54, 1.807) is 42.6 Å². The summed E-state index contributed by atoms with van der Waals surface area (Å²) >= 11 is 6.29. The Labute approximate surface area is 195 Å². The zero-order valence-corrected chi connectivity index (χ0v) is 19.2. The number of nitrogens with zero attached hydrogens (tertiary/aromatic N) is 5. The molecule has 9 nitrogen and oxygen atoms in total. The van der Waals surface area contributed by atoms with Crippen molar-refractivity contribution in [2.24, 2.45) is 0 Å². The third-order valence-corrected chi connectivity index (χ3v) is 6.28. The summed E-state index contributed by atoms with van der Waals surface area (Å²) in [4.78, 5) is 25.3. The number of methoxy groups -OCH3 is 1. The van der Waals surface area contributed by atoms with E-state index in [1.165, 1.54) is 4.80 Å². The van der Waals surface area contributed by atoms with Crippen LogP contribution in [0.1, 0.15) is 34.7 Å². The molecule has 1 aliphatic heterocycles. The molecule has 0 radical (unpaired) electrons. The summed E-state index contributed by atoms with van der Waals surface area (Å²) in [7, 11) is 1.57. The molecule has 0 spiro atoms. The Kier molecular flexibility index (Phi) is 5.51. The third-order valence-electron chi connectivity index (χ3n) is 5.87. The smallest absolute Gasteiger partial charge is 0.257 e. The number of benzene rings is 2. The van der Waals surface area contributed by atoms with Gasteiger partial charge < -0.3 is 19.4 Å². The number of hydrogen-bond donors (Lipinski definition) is 1. The molecule has 1 saturated heterocycles. The molecule has 4 aromatic rings. The van der Waals surface area contributed by atoms with Crippen LogP contribution < -0.4 is 4.74 Å². The standard InChI is InChI=1S/C23H23ClN6O3/c1-13-11-29(20(12-33-13)22-27-18-6-5-17(24)14(2)21(18)28-22)23(31)16-10-15(32-3)4-7-19(16)30-25-8-9-26-30/h4-10,13,20H,11-12H2,1-3H3,(H,27,28)/t13-,20+/m1/s1. The van der Waals surface area contributed by atoms with Crippen LogP contribution in [0.2, 0.25) is 5.02 Å². The largest absolute Gasteiger partial charge is 0.497 e.